The fraction of sp³-hybridized carbons (Fsp3) is 0.0667. The van der Waals surface area contributed by atoms with E-state index in [0.717, 1.165) is 5.33 Å². The van der Waals surface area contributed by atoms with Gasteiger partial charge < -0.3 is 0 Å². The molecule has 2 aromatic rings. The van der Waals surface area contributed by atoms with E-state index in [1.54, 1.807) is 0 Å². The lowest BCUT2D eigenvalue weighted by molar-refractivity contribution is 1.32. The number of fused-ring (bicyclic) bond motifs is 2. The van der Waals surface area contributed by atoms with Gasteiger partial charge in [-0.05, 0) is 28.8 Å². The second kappa shape index (κ2) is 4.71. The highest BCUT2D eigenvalue weighted by Gasteiger charge is 2.09. The second-order valence-electron chi connectivity index (χ2n) is 3.98. The number of halogens is 1. The van der Waals surface area contributed by atoms with E-state index in [2.05, 4.69) is 70.5 Å². The fourth-order valence-electron chi connectivity index (χ4n) is 1.90. The van der Waals surface area contributed by atoms with Crippen LogP contribution in [-0.2, 0) is 5.33 Å². The van der Waals surface area contributed by atoms with Crippen molar-refractivity contribution in [2.45, 2.75) is 15.1 Å². The predicted molar refractivity (Wildman–Crippen MR) is 78.6 cm³/mol. The van der Waals surface area contributed by atoms with Crippen molar-refractivity contribution in [3.8, 4) is 0 Å². The molecule has 0 saturated carbocycles. The van der Waals surface area contributed by atoms with Crippen LogP contribution in [0.25, 0.3) is 12.2 Å². The monoisotopic (exact) mass is 302 g/mol. The van der Waals surface area contributed by atoms with E-state index in [0.29, 0.717) is 0 Å². The lowest BCUT2D eigenvalue weighted by Gasteiger charge is -2.06. The molecule has 2 heteroatoms. The van der Waals surface area contributed by atoms with E-state index in [4.69, 9.17) is 0 Å². The van der Waals surface area contributed by atoms with Crippen LogP contribution in [0.3, 0.4) is 0 Å². The summed E-state index contributed by atoms with van der Waals surface area (Å²) in [6.07, 6.45) is 4.40. The smallest absolute Gasteiger partial charge is 0.0283 e. The topological polar surface area (TPSA) is 0 Å². The number of hydrogen-bond donors (Lipinski definition) is 0. The van der Waals surface area contributed by atoms with E-state index in [9.17, 15) is 0 Å². The average Bonchev–Trinajstić information content (AvgIpc) is 2.56. The first kappa shape index (κ1) is 11.1. The Labute approximate surface area is 114 Å². The summed E-state index contributed by atoms with van der Waals surface area (Å²) in [5.74, 6) is 0. The Hall–Kier alpha value is -0.990. The first-order chi connectivity index (χ1) is 8.36. The molecule has 0 atom stereocenters. The van der Waals surface area contributed by atoms with Crippen LogP contribution in [0.2, 0.25) is 0 Å². The van der Waals surface area contributed by atoms with Crippen molar-refractivity contribution in [1.29, 1.82) is 0 Å². The predicted octanol–water partition coefficient (Wildman–Crippen LogP) is 5.22. The summed E-state index contributed by atoms with van der Waals surface area (Å²) in [4.78, 5) is 2.66. The summed E-state index contributed by atoms with van der Waals surface area (Å²) in [6, 6.07) is 15.2. The molecule has 0 aliphatic carbocycles. The maximum atomic E-state index is 3.51. The van der Waals surface area contributed by atoms with Gasteiger partial charge in [0.1, 0.15) is 0 Å². The molecular formula is C15H11BrS. The molecule has 0 spiro atoms. The van der Waals surface area contributed by atoms with Crippen molar-refractivity contribution < 1.29 is 0 Å². The Bertz CT molecular complexity index is 587. The third kappa shape index (κ3) is 2.20. The van der Waals surface area contributed by atoms with Crippen LogP contribution >= 0.6 is 27.7 Å². The van der Waals surface area contributed by atoms with Crippen LogP contribution in [0.5, 0.6) is 0 Å². The Balaban J connectivity index is 2.12. The molecule has 1 aliphatic rings. The Morgan fingerprint density at radius 1 is 0.882 bits per heavy atom. The van der Waals surface area contributed by atoms with Crippen LogP contribution in [-0.4, -0.2) is 0 Å². The van der Waals surface area contributed by atoms with Gasteiger partial charge in [0, 0.05) is 15.1 Å². The van der Waals surface area contributed by atoms with Crippen molar-refractivity contribution in [2.24, 2.45) is 0 Å². The van der Waals surface area contributed by atoms with Crippen molar-refractivity contribution in [1.82, 2.24) is 0 Å². The zero-order chi connectivity index (χ0) is 11.7. The Morgan fingerprint density at radius 3 is 2.47 bits per heavy atom. The Kier molecular flexibility index (Phi) is 3.08. The largest absolute Gasteiger partial charge is 0.0888 e. The molecule has 1 aliphatic heterocycles. The maximum Gasteiger partial charge on any atom is 0.0283 e. The molecule has 84 valence electrons. The van der Waals surface area contributed by atoms with E-state index < -0.39 is 0 Å². The van der Waals surface area contributed by atoms with E-state index >= 15 is 0 Å². The molecule has 0 bridgehead atoms. The van der Waals surface area contributed by atoms with Crippen LogP contribution in [0.15, 0.2) is 52.3 Å². The highest BCUT2D eigenvalue weighted by molar-refractivity contribution is 9.08. The van der Waals surface area contributed by atoms with Gasteiger partial charge >= 0.3 is 0 Å². The molecule has 0 nitrogen and oxygen atoms in total. The number of benzene rings is 2. The summed E-state index contributed by atoms with van der Waals surface area (Å²) >= 11 is 5.36. The summed E-state index contributed by atoms with van der Waals surface area (Å²) in [7, 11) is 0. The molecule has 17 heavy (non-hydrogen) atoms. The third-order valence-corrected chi connectivity index (χ3v) is 4.63. The van der Waals surface area contributed by atoms with Crippen molar-refractivity contribution >= 4 is 39.8 Å². The molecule has 0 radical (unpaired) electrons. The first-order valence-electron chi connectivity index (χ1n) is 5.51. The van der Waals surface area contributed by atoms with Crippen molar-refractivity contribution in [2.75, 3.05) is 0 Å². The summed E-state index contributed by atoms with van der Waals surface area (Å²) < 4.78 is 0. The van der Waals surface area contributed by atoms with Crippen molar-refractivity contribution in [3.05, 3.63) is 59.2 Å². The van der Waals surface area contributed by atoms with Gasteiger partial charge in [-0.3, -0.25) is 0 Å². The van der Waals surface area contributed by atoms with E-state index in [-0.39, 0.29) is 0 Å². The molecule has 1 heterocycles. The SMILES string of the molecule is BrCc1ccc2c(c1)Sc1ccccc1C=C2. The number of alkyl halides is 1. The normalized spacial score (nSPS) is 12.8. The molecule has 3 rings (SSSR count). The molecule has 0 unspecified atom stereocenters. The molecule has 0 saturated heterocycles. The quantitative estimate of drug-likeness (QED) is 0.556. The minimum Gasteiger partial charge on any atom is -0.0888 e. The summed E-state index contributed by atoms with van der Waals surface area (Å²) in [5.41, 5.74) is 3.93. The van der Waals surface area contributed by atoms with Gasteiger partial charge in [0.15, 0.2) is 0 Å². The maximum absolute atomic E-state index is 3.51. The third-order valence-electron chi connectivity index (χ3n) is 2.81. The standard InChI is InChI=1S/C15H11BrS/c16-10-11-5-6-13-8-7-12-3-1-2-4-14(12)17-15(13)9-11/h1-9H,10H2. The molecule has 0 aromatic heterocycles. The Morgan fingerprint density at radius 2 is 1.65 bits per heavy atom. The van der Waals surface area contributed by atoms with Gasteiger partial charge in [-0.25, -0.2) is 0 Å². The molecule has 0 N–H and O–H groups in total. The lowest BCUT2D eigenvalue weighted by Crippen LogP contribution is -1.83. The van der Waals surface area contributed by atoms with Gasteiger partial charge in [0.2, 0.25) is 0 Å². The first-order valence-corrected chi connectivity index (χ1v) is 7.44. The van der Waals surface area contributed by atoms with Gasteiger partial charge in [0.05, 0.1) is 0 Å². The number of hydrogen-bond acceptors (Lipinski definition) is 1. The molecule has 0 fully saturated rings. The average molecular weight is 303 g/mol. The highest BCUT2D eigenvalue weighted by Crippen LogP contribution is 2.37. The molecule has 0 amide bonds. The van der Waals surface area contributed by atoms with Crippen molar-refractivity contribution in [3.63, 3.8) is 0 Å². The van der Waals surface area contributed by atoms with Gasteiger partial charge in [-0.2, -0.15) is 0 Å². The summed E-state index contributed by atoms with van der Waals surface area (Å²) in [6.45, 7) is 0. The lowest BCUT2D eigenvalue weighted by atomic mass is 10.1. The molecular weight excluding hydrogens is 292 g/mol. The number of rotatable bonds is 1. The van der Waals surface area contributed by atoms with Crippen LogP contribution < -0.4 is 0 Å². The van der Waals surface area contributed by atoms with Crippen LogP contribution in [0.1, 0.15) is 16.7 Å². The zero-order valence-electron chi connectivity index (χ0n) is 9.19. The minimum absolute atomic E-state index is 0.909. The van der Waals surface area contributed by atoms with E-state index in [1.807, 2.05) is 11.8 Å². The van der Waals surface area contributed by atoms with Gasteiger partial charge in [-0.1, -0.05) is 70.2 Å². The minimum atomic E-state index is 0.909. The second-order valence-corrected chi connectivity index (χ2v) is 5.62. The highest BCUT2D eigenvalue weighted by atomic mass is 79.9. The fourth-order valence-corrected chi connectivity index (χ4v) is 3.35. The summed E-state index contributed by atoms with van der Waals surface area (Å²) in [5, 5.41) is 0.909. The molecule has 2 aromatic carbocycles. The van der Waals surface area contributed by atoms with E-state index in [1.165, 1.54) is 26.5 Å². The van der Waals surface area contributed by atoms with Gasteiger partial charge in [-0.15, -0.1) is 0 Å². The van der Waals surface area contributed by atoms with Crippen LogP contribution in [0, 0.1) is 0 Å². The van der Waals surface area contributed by atoms with Crippen LogP contribution in [0.4, 0.5) is 0 Å². The van der Waals surface area contributed by atoms with Gasteiger partial charge in [0.25, 0.3) is 0 Å². The zero-order valence-corrected chi connectivity index (χ0v) is 11.6.